The predicted molar refractivity (Wildman–Crippen MR) is 143 cm³/mol. The van der Waals surface area contributed by atoms with Crippen molar-refractivity contribution in [2.75, 3.05) is 13.7 Å². The lowest BCUT2D eigenvalue weighted by Crippen LogP contribution is -2.24. The quantitative estimate of drug-likeness (QED) is 0.229. The topological polar surface area (TPSA) is 82.2 Å². The second-order valence-electron chi connectivity index (χ2n) is 8.25. The van der Waals surface area contributed by atoms with Gasteiger partial charge in [-0.05, 0) is 55.0 Å². The normalized spacial score (nSPS) is 11.2. The van der Waals surface area contributed by atoms with E-state index < -0.39 is 0 Å². The minimum atomic E-state index is -0.0908. The molecular formula is C28H26N4O3S. The molecule has 0 aliphatic heterocycles. The van der Waals surface area contributed by atoms with Crippen LogP contribution in [0.1, 0.15) is 12.0 Å². The molecule has 5 rings (SSSR count). The number of hydrogen-bond acceptors (Lipinski definition) is 6. The first-order valence-electron chi connectivity index (χ1n) is 11.7. The second-order valence-corrected chi connectivity index (χ2v) is 9.19. The van der Waals surface area contributed by atoms with E-state index in [1.165, 1.54) is 11.8 Å². The third-order valence-corrected chi connectivity index (χ3v) is 6.92. The van der Waals surface area contributed by atoms with Crippen LogP contribution in [0.2, 0.25) is 0 Å². The number of para-hydroxylation sites is 2. The fraction of sp³-hybridized carbons (Fsp3) is 0.179. The standard InChI is InChI=1S/C28H26N4O3S/c1-35-23-14-12-20(13-15-23)26-21(18-32(30-26)22-8-3-2-4-9-22)19-36-28-29-25-11-6-5-10-24(25)27(34)31(28)16-7-17-33/h2-6,8-15,18,33H,7,16-17,19H2,1H3. The van der Waals surface area contributed by atoms with Crippen molar-refractivity contribution < 1.29 is 9.84 Å². The zero-order valence-corrected chi connectivity index (χ0v) is 20.7. The molecule has 36 heavy (non-hydrogen) atoms. The molecule has 0 aliphatic rings. The van der Waals surface area contributed by atoms with Crippen molar-refractivity contribution in [1.82, 2.24) is 19.3 Å². The van der Waals surface area contributed by atoms with E-state index >= 15 is 0 Å². The monoisotopic (exact) mass is 498 g/mol. The number of methoxy groups -OCH3 is 1. The van der Waals surface area contributed by atoms with E-state index in [0.717, 1.165) is 28.3 Å². The number of rotatable bonds is 9. The van der Waals surface area contributed by atoms with Crippen LogP contribution < -0.4 is 10.3 Å². The van der Waals surface area contributed by atoms with E-state index in [9.17, 15) is 9.90 Å². The zero-order valence-electron chi connectivity index (χ0n) is 19.9. The maximum Gasteiger partial charge on any atom is 0.262 e. The van der Waals surface area contributed by atoms with Crippen LogP contribution in [0, 0.1) is 0 Å². The predicted octanol–water partition coefficient (Wildman–Crippen LogP) is 4.93. The van der Waals surface area contributed by atoms with Crippen LogP contribution in [0.3, 0.4) is 0 Å². The van der Waals surface area contributed by atoms with Gasteiger partial charge < -0.3 is 9.84 Å². The van der Waals surface area contributed by atoms with Gasteiger partial charge in [0.15, 0.2) is 5.16 Å². The van der Waals surface area contributed by atoms with E-state index in [4.69, 9.17) is 14.8 Å². The molecule has 5 aromatic rings. The van der Waals surface area contributed by atoms with Crippen molar-refractivity contribution in [3.05, 3.63) is 101 Å². The molecular weight excluding hydrogens is 472 g/mol. The second kappa shape index (κ2) is 10.8. The Kier molecular flexibility index (Phi) is 7.16. The molecule has 0 fully saturated rings. The summed E-state index contributed by atoms with van der Waals surface area (Å²) in [7, 11) is 1.65. The van der Waals surface area contributed by atoms with Gasteiger partial charge in [-0.1, -0.05) is 42.1 Å². The van der Waals surface area contributed by atoms with Crippen molar-refractivity contribution in [1.29, 1.82) is 0 Å². The van der Waals surface area contributed by atoms with Crippen molar-refractivity contribution in [2.24, 2.45) is 0 Å². The van der Waals surface area contributed by atoms with Gasteiger partial charge in [0.05, 0.1) is 29.4 Å². The lowest BCUT2D eigenvalue weighted by atomic mass is 10.1. The lowest BCUT2D eigenvalue weighted by Gasteiger charge is -2.12. The summed E-state index contributed by atoms with van der Waals surface area (Å²) in [5, 5.41) is 15.5. The van der Waals surface area contributed by atoms with Crippen LogP contribution in [-0.4, -0.2) is 38.2 Å². The number of hydrogen-bond donors (Lipinski definition) is 1. The number of benzene rings is 3. The Morgan fingerprint density at radius 2 is 1.72 bits per heavy atom. The number of aliphatic hydroxyl groups is 1. The minimum absolute atomic E-state index is 0.00877. The van der Waals surface area contributed by atoms with E-state index in [1.54, 1.807) is 17.7 Å². The lowest BCUT2D eigenvalue weighted by molar-refractivity contribution is 0.276. The Balaban J connectivity index is 1.54. The third kappa shape index (κ3) is 4.91. The van der Waals surface area contributed by atoms with Crippen molar-refractivity contribution in [3.63, 3.8) is 0 Å². The highest BCUT2D eigenvalue weighted by molar-refractivity contribution is 7.98. The Labute approximate surface area is 213 Å². The summed E-state index contributed by atoms with van der Waals surface area (Å²) in [4.78, 5) is 18.0. The molecule has 0 saturated carbocycles. The van der Waals surface area contributed by atoms with Gasteiger partial charge in [-0.15, -0.1) is 0 Å². The molecule has 0 unspecified atom stereocenters. The molecule has 0 amide bonds. The first-order chi connectivity index (χ1) is 17.7. The van der Waals surface area contributed by atoms with Crippen LogP contribution in [0.5, 0.6) is 5.75 Å². The van der Waals surface area contributed by atoms with Gasteiger partial charge in [-0.25, -0.2) is 9.67 Å². The molecule has 0 bridgehead atoms. The zero-order chi connectivity index (χ0) is 24.9. The van der Waals surface area contributed by atoms with Gasteiger partial charge in [-0.2, -0.15) is 5.10 Å². The highest BCUT2D eigenvalue weighted by Gasteiger charge is 2.16. The molecule has 0 radical (unpaired) electrons. The van der Waals surface area contributed by atoms with Gasteiger partial charge >= 0.3 is 0 Å². The average Bonchev–Trinajstić information content (AvgIpc) is 3.36. The van der Waals surface area contributed by atoms with Crippen LogP contribution in [0.25, 0.3) is 27.8 Å². The van der Waals surface area contributed by atoms with Crippen LogP contribution in [-0.2, 0) is 12.3 Å². The first-order valence-corrected chi connectivity index (χ1v) is 12.7. The van der Waals surface area contributed by atoms with Crippen LogP contribution >= 0.6 is 11.8 Å². The summed E-state index contributed by atoms with van der Waals surface area (Å²) >= 11 is 1.50. The van der Waals surface area contributed by atoms with Crippen LogP contribution in [0.4, 0.5) is 0 Å². The highest BCUT2D eigenvalue weighted by atomic mass is 32.2. The number of aromatic nitrogens is 4. The van der Waals surface area contributed by atoms with E-state index in [1.807, 2.05) is 83.7 Å². The van der Waals surface area contributed by atoms with Crippen molar-refractivity contribution >= 4 is 22.7 Å². The minimum Gasteiger partial charge on any atom is -0.497 e. The Bertz CT molecular complexity index is 1530. The van der Waals surface area contributed by atoms with E-state index in [-0.39, 0.29) is 12.2 Å². The summed E-state index contributed by atoms with van der Waals surface area (Å²) in [5.74, 6) is 1.35. The molecule has 182 valence electrons. The maximum absolute atomic E-state index is 13.2. The maximum atomic E-state index is 13.2. The Hall–Kier alpha value is -3.88. The highest BCUT2D eigenvalue weighted by Crippen LogP contribution is 2.31. The molecule has 0 atom stereocenters. The molecule has 0 spiro atoms. The van der Waals surface area contributed by atoms with Crippen molar-refractivity contribution in [2.45, 2.75) is 23.9 Å². The van der Waals surface area contributed by atoms with E-state index in [2.05, 4.69) is 0 Å². The molecule has 2 heterocycles. The summed E-state index contributed by atoms with van der Waals surface area (Å²) in [5.41, 5.74) is 4.40. The van der Waals surface area contributed by atoms with Gasteiger partial charge in [0.1, 0.15) is 5.75 Å². The Morgan fingerprint density at radius 1 is 0.972 bits per heavy atom. The van der Waals surface area contributed by atoms with Gasteiger partial charge in [0, 0.05) is 36.2 Å². The van der Waals surface area contributed by atoms with Gasteiger partial charge in [0.25, 0.3) is 5.56 Å². The number of ether oxygens (including phenoxy) is 1. The number of thioether (sulfide) groups is 1. The Morgan fingerprint density at radius 3 is 2.47 bits per heavy atom. The fourth-order valence-corrected chi connectivity index (χ4v) is 5.04. The number of aliphatic hydroxyl groups excluding tert-OH is 1. The molecule has 2 aromatic heterocycles. The third-order valence-electron chi connectivity index (χ3n) is 5.90. The van der Waals surface area contributed by atoms with Gasteiger partial charge in [-0.3, -0.25) is 9.36 Å². The van der Waals surface area contributed by atoms with E-state index in [0.29, 0.717) is 34.8 Å². The fourth-order valence-electron chi connectivity index (χ4n) is 4.05. The number of nitrogens with zero attached hydrogens (tertiary/aromatic N) is 4. The largest absolute Gasteiger partial charge is 0.497 e. The summed E-state index contributed by atoms with van der Waals surface area (Å²) < 4.78 is 8.86. The van der Waals surface area contributed by atoms with Crippen LogP contribution in [0.15, 0.2) is 95.0 Å². The first kappa shape index (κ1) is 23.8. The van der Waals surface area contributed by atoms with Crippen molar-refractivity contribution in [3.8, 4) is 22.7 Å². The summed E-state index contributed by atoms with van der Waals surface area (Å²) in [6.45, 7) is 0.416. The summed E-state index contributed by atoms with van der Waals surface area (Å²) in [6.07, 6.45) is 2.51. The molecule has 7 nitrogen and oxygen atoms in total. The van der Waals surface area contributed by atoms with Gasteiger partial charge in [0.2, 0.25) is 0 Å². The average molecular weight is 499 g/mol. The molecule has 0 aliphatic carbocycles. The molecule has 1 N–H and O–H groups in total. The molecule has 8 heteroatoms. The smallest absolute Gasteiger partial charge is 0.262 e. The summed E-state index contributed by atoms with van der Waals surface area (Å²) in [6, 6.07) is 25.2. The SMILES string of the molecule is COc1ccc(-c2nn(-c3ccccc3)cc2CSc2nc3ccccc3c(=O)n2CCCO)cc1. The molecule has 0 saturated heterocycles. The number of fused-ring (bicyclic) bond motifs is 1. The molecule has 3 aromatic carbocycles.